The number of hydrogen-bond donors (Lipinski definition) is 0. The lowest BCUT2D eigenvalue weighted by Gasteiger charge is -2.29. The van der Waals surface area contributed by atoms with Crippen molar-refractivity contribution in [3.63, 3.8) is 0 Å². The molecule has 5 nitrogen and oxygen atoms in total. The van der Waals surface area contributed by atoms with Crippen LogP contribution in [0.15, 0.2) is 134 Å². The smallest absolute Gasteiger partial charge is 0.191 e. The predicted octanol–water partition coefficient (Wildman–Crippen LogP) is 11.0. The van der Waals surface area contributed by atoms with Crippen LogP contribution < -0.4 is 4.90 Å². The van der Waals surface area contributed by atoms with Crippen molar-refractivity contribution in [1.29, 1.82) is 0 Å². The van der Waals surface area contributed by atoms with Crippen LogP contribution in [0.3, 0.4) is 0 Å². The molecule has 0 unspecified atom stereocenters. The van der Waals surface area contributed by atoms with Gasteiger partial charge >= 0.3 is 0 Å². The first-order valence-electron chi connectivity index (χ1n) is 16.3. The zero-order chi connectivity index (χ0) is 32.2. The first-order valence-corrected chi connectivity index (χ1v) is 16.3. The van der Waals surface area contributed by atoms with E-state index in [-0.39, 0.29) is 0 Å². The molecule has 0 fully saturated rings. The first-order chi connectivity index (χ1) is 22.9. The van der Waals surface area contributed by atoms with Crippen molar-refractivity contribution in [2.45, 2.75) is 33.6 Å². The summed E-state index contributed by atoms with van der Waals surface area (Å²) in [6.07, 6.45) is 4.10. The standard InChI is InChI=1S/C42H38N5/c1-28(2)31-22-23-43-41(24-31)47-37-17-7-6-16-35(37)36-21-20-34(26-40(36)47)46(42-29(3)12-10-13-30(42)4)33-15-11-14-32(25-33)45-27-44(5)38-18-8-9-19-39(38)45/h6-28H,1-5H3/q+1. The number of hydrogen-bond acceptors (Lipinski definition) is 2. The summed E-state index contributed by atoms with van der Waals surface area (Å²) < 4.78 is 6.78. The number of aromatic nitrogens is 4. The number of aryl methyl sites for hydroxylation is 3. The van der Waals surface area contributed by atoms with Crippen LogP contribution in [0.1, 0.15) is 36.5 Å². The summed E-state index contributed by atoms with van der Waals surface area (Å²) in [6, 6.07) is 43.8. The van der Waals surface area contributed by atoms with Crippen LogP contribution in [0.25, 0.3) is 44.3 Å². The molecule has 0 aliphatic rings. The van der Waals surface area contributed by atoms with E-state index in [9.17, 15) is 0 Å². The van der Waals surface area contributed by atoms with E-state index >= 15 is 0 Å². The molecule has 0 amide bonds. The fraction of sp³-hybridized carbons (Fsp3) is 0.143. The predicted molar refractivity (Wildman–Crippen MR) is 197 cm³/mol. The molecule has 8 rings (SSSR count). The van der Waals surface area contributed by atoms with Gasteiger partial charge in [0.15, 0.2) is 17.4 Å². The Bertz CT molecular complexity index is 2420. The van der Waals surface area contributed by atoms with Gasteiger partial charge in [0.2, 0.25) is 0 Å². The van der Waals surface area contributed by atoms with Crippen LogP contribution in [0, 0.1) is 13.8 Å². The quantitative estimate of drug-likeness (QED) is 0.175. The van der Waals surface area contributed by atoms with Gasteiger partial charge in [0.1, 0.15) is 11.5 Å². The average Bonchev–Trinajstić information content (AvgIpc) is 3.61. The fourth-order valence-corrected chi connectivity index (χ4v) is 7.08. The summed E-state index contributed by atoms with van der Waals surface area (Å²) in [6.45, 7) is 8.87. The highest BCUT2D eigenvalue weighted by Crippen LogP contribution is 2.42. The topological polar surface area (TPSA) is 30.9 Å². The second kappa shape index (κ2) is 11.3. The normalized spacial score (nSPS) is 11.7. The van der Waals surface area contributed by atoms with Crippen molar-refractivity contribution in [3.8, 4) is 11.5 Å². The lowest BCUT2D eigenvalue weighted by Crippen LogP contribution is -2.13. The Kier molecular flexibility index (Phi) is 6.91. The zero-order valence-corrected chi connectivity index (χ0v) is 27.5. The Morgan fingerprint density at radius 3 is 2.11 bits per heavy atom. The van der Waals surface area contributed by atoms with Gasteiger partial charge in [0, 0.05) is 54.0 Å². The highest BCUT2D eigenvalue weighted by molar-refractivity contribution is 6.10. The van der Waals surface area contributed by atoms with Crippen LogP contribution in [0.2, 0.25) is 0 Å². The maximum absolute atomic E-state index is 4.90. The van der Waals surface area contributed by atoms with Gasteiger partial charge in [-0.25, -0.2) is 9.55 Å². The Morgan fingerprint density at radius 2 is 1.32 bits per heavy atom. The third-order valence-corrected chi connectivity index (χ3v) is 9.42. The molecule has 0 aliphatic carbocycles. The molecule has 47 heavy (non-hydrogen) atoms. The van der Waals surface area contributed by atoms with E-state index in [1.165, 1.54) is 44.2 Å². The summed E-state index contributed by atoms with van der Waals surface area (Å²) in [7, 11) is 2.10. The molecule has 3 aromatic heterocycles. The second-order valence-corrected chi connectivity index (χ2v) is 12.8. The molecule has 0 bridgehead atoms. The van der Waals surface area contributed by atoms with Crippen molar-refractivity contribution < 1.29 is 0 Å². The number of pyridine rings is 1. The van der Waals surface area contributed by atoms with Gasteiger partial charge in [-0.15, -0.1) is 0 Å². The van der Waals surface area contributed by atoms with E-state index in [1.807, 2.05) is 6.20 Å². The molecule has 5 heteroatoms. The molecule has 0 saturated carbocycles. The summed E-state index contributed by atoms with van der Waals surface area (Å²) in [5.74, 6) is 1.35. The minimum Gasteiger partial charge on any atom is -0.309 e. The largest absolute Gasteiger partial charge is 0.309 e. The Labute approximate surface area is 275 Å². The monoisotopic (exact) mass is 612 g/mol. The molecule has 0 atom stereocenters. The SMILES string of the molecule is Cc1cccc(C)c1N(c1cccc(-n2[cH+]n(C)c3ccccc32)c1)c1ccc2c3ccccc3n(-c3cc(C(C)C)ccn3)c2c1. The van der Waals surface area contributed by atoms with Crippen molar-refractivity contribution in [1.82, 2.24) is 18.7 Å². The van der Waals surface area contributed by atoms with E-state index in [4.69, 9.17) is 4.98 Å². The molecule has 230 valence electrons. The van der Waals surface area contributed by atoms with Crippen molar-refractivity contribution in [2.24, 2.45) is 7.05 Å². The molecule has 0 N–H and O–H groups in total. The summed E-state index contributed by atoms with van der Waals surface area (Å²) in [5.41, 5.74) is 12.9. The maximum Gasteiger partial charge on any atom is 0.191 e. The van der Waals surface area contributed by atoms with Gasteiger partial charge < -0.3 is 4.90 Å². The highest BCUT2D eigenvalue weighted by atomic mass is 15.2. The van der Waals surface area contributed by atoms with Gasteiger partial charge in [-0.2, -0.15) is 4.57 Å². The minimum absolute atomic E-state index is 0.409. The van der Waals surface area contributed by atoms with E-state index in [0.717, 1.165) is 33.9 Å². The van der Waals surface area contributed by atoms with Gasteiger partial charge in [0.25, 0.3) is 0 Å². The Hall–Kier alpha value is -5.68. The van der Waals surface area contributed by atoms with Crippen molar-refractivity contribution >= 4 is 49.9 Å². The molecule has 0 saturated heterocycles. The van der Waals surface area contributed by atoms with Crippen LogP contribution in [-0.2, 0) is 7.05 Å². The van der Waals surface area contributed by atoms with Crippen molar-refractivity contribution in [3.05, 3.63) is 151 Å². The van der Waals surface area contributed by atoms with Crippen LogP contribution >= 0.6 is 0 Å². The number of rotatable bonds is 6. The van der Waals surface area contributed by atoms with Gasteiger partial charge in [-0.3, -0.25) is 4.57 Å². The summed E-state index contributed by atoms with van der Waals surface area (Å²) >= 11 is 0. The molecule has 0 spiro atoms. The minimum atomic E-state index is 0.409. The Morgan fingerprint density at radius 1 is 0.638 bits per heavy atom. The van der Waals surface area contributed by atoms with E-state index in [0.29, 0.717) is 5.92 Å². The molecule has 0 radical (unpaired) electrons. The lowest BCUT2D eigenvalue weighted by atomic mass is 10.0. The third-order valence-electron chi connectivity index (χ3n) is 9.42. The molecule has 3 heterocycles. The van der Waals surface area contributed by atoms with E-state index in [1.54, 1.807) is 0 Å². The molecule has 5 aromatic carbocycles. The maximum atomic E-state index is 4.90. The number of benzene rings is 5. The molecule has 8 aromatic rings. The fourth-order valence-electron chi connectivity index (χ4n) is 7.08. The van der Waals surface area contributed by atoms with Crippen LogP contribution in [0.4, 0.5) is 17.1 Å². The van der Waals surface area contributed by atoms with Crippen molar-refractivity contribution in [2.75, 3.05) is 4.90 Å². The van der Waals surface area contributed by atoms with Gasteiger partial charge in [-0.05, 0) is 91.1 Å². The number of nitrogens with zero attached hydrogens (tertiary/aromatic N) is 5. The second-order valence-electron chi connectivity index (χ2n) is 12.8. The van der Waals surface area contributed by atoms with E-state index < -0.39 is 0 Å². The molecular formula is C42H38N5+. The lowest BCUT2D eigenvalue weighted by molar-refractivity contribution is 0.858. The third kappa shape index (κ3) is 4.78. The summed E-state index contributed by atoms with van der Waals surface area (Å²) in [4.78, 5) is 7.32. The first kappa shape index (κ1) is 28.8. The highest BCUT2D eigenvalue weighted by Gasteiger charge is 2.22. The number of anilines is 3. The zero-order valence-electron chi connectivity index (χ0n) is 27.5. The molecular weight excluding hydrogens is 574 g/mol. The van der Waals surface area contributed by atoms with Crippen LogP contribution in [-0.4, -0.2) is 18.7 Å². The molecule has 0 aliphatic heterocycles. The van der Waals surface area contributed by atoms with Crippen LogP contribution in [0.5, 0.6) is 0 Å². The number of fused-ring (bicyclic) bond motifs is 4. The van der Waals surface area contributed by atoms with E-state index in [2.05, 4.69) is 181 Å². The van der Waals surface area contributed by atoms with Gasteiger partial charge in [0.05, 0.1) is 22.4 Å². The number of para-hydroxylation sites is 4. The summed E-state index contributed by atoms with van der Waals surface area (Å²) in [5, 5.41) is 2.43. The Balaban J connectivity index is 1.38. The van der Waals surface area contributed by atoms with Gasteiger partial charge in [-0.1, -0.05) is 56.3 Å². The number of imidazole rings is 1. The average molecular weight is 613 g/mol.